The van der Waals surface area contributed by atoms with Gasteiger partial charge in [0.15, 0.2) is 0 Å². The first kappa shape index (κ1) is 17.6. The van der Waals surface area contributed by atoms with Crippen molar-refractivity contribution in [3.8, 4) is 5.75 Å². The van der Waals surface area contributed by atoms with Crippen molar-refractivity contribution >= 4 is 23.2 Å². The van der Waals surface area contributed by atoms with Crippen molar-refractivity contribution < 1.29 is 14.3 Å². The van der Waals surface area contributed by atoms with E-state index in [2.05, 4.69) is 10.6 Å². The molecule has 1 aromatic heterocycles. The number of nitrogens with zero attached hydrogens (tertiary/aromatic N) is 1. The summed E-state index contributed by atoms with van der Waals surface area (Å²) in [5.74, 6) is 0.332. The first-order valence-electron chi connectivity index (χ1n) is 7.81. The highest BCUT2D eigenvalue weighted by molar-refractivity contribution is 5.97. The lowest BCUT2D eigenvalue weighted by molar-refractivity contribution is -0.120. The van der Waals surface area contributed by atoms with Gasteiger partial charge in [-0.2, -0.15) is 0 Å². The molecule has 2 rings (SSSR count). The van der Waals surface area contributed by atoms with Crippen LogP contribution in [0.5, 0.6) is 5.75 Å². The van der Waals surface area contributed by atoms with Crippen molar-refractivity contribution in [3.05, 3.63) is 42.7 Å². The second-order valence-electron chi connectivity index (χ2n) is 5.90. The number of aromatic nitrogens is 1. The number of ether oxygens (including phenoxy) is 1. The molecule has 0 saturated carbocycles. The molecule has 6 heteroatoms. The molecule has 2 aromatic rings. The largest absolute Gasteiger partial charge is 0.495 e. The molecule has 1 aromatic carbocycles. The normalized spacial score (nSPS) is 11.9. The highest BCUT2D eigenvalue weighted by Gasteiger charge is 2.24. The number of hydrogen-bond donors (Lipinski definition) is 2. The molecule has 6 nitrogen and oxygen atoms in total. The quantitative estimate of drug-likeness (QED) is 0.854. The molecule has 0 fully saturated rings. The Bertz CT molecular complexity index is 708. The van der Waals surface area contributed by atoms with Gasteiger partial charge in [-0.05, 0) is 36.2 Å². The maximum Gasteiger partial charge on any atom is 0.247 e. The molecule has 0 aliphatic carbocycles. The standard InChI is InChI=1S/C18H23N3O3/c1-12(2)17(21-9-5-6-10-21)18(23)20-15-11-14(19-13(3)22)7-8-16(15)24-4/h5-12,17H,1-4H3,(H,19,22)(H,20,23)/t17-/m0/s1. The van der Waals surface area contributed by atoms with Crippen LogP contribution in [0.25, 0.3) is 0 Å². The second-order valence-corrected chi connectivity index (χ2v) is 5.90. The zero-order valence-corrected chi connectivity index (χ0v) is 14.4. The predicted molar refractivity (Wildman–Crippen MR) is 94.2 cm³/mol. The Labute approximate surface area is 141 Å². The molecular weight excluding hydrogens is 306 g/mol. The van der Waals surface area contributed by atoms with E-state index >= 15 is 0 Å². The molecule has 0 saturated heterocycles. The van der Waals surface area contributed by atoms with Gasteiger partial charge >= 0.3 is 0 Å². The fraction of sp³-hybridized carbons (Fsp3) is 0.333. The summed E-state index contributed by atoms with van der Waals surface area (Å²) in [5.41, 5.74) is 1.12. The van der Waals surface area contributed by atoms with Crippen LogP contribution in [0.1, 0.15) is 26.8 Å². The summed E-state index contributed by atoms with van der Waals surface area (Å²) in [6, 6.07) is 8.56. The van der Waals surface area contributed by atoms with E-state index in [0.29, 0.717) is 17.1 Å². The van der Waals surface area contributed by atoms with Gasteiger partial charge in [-0.25, -0.2) is 0 Å². The molecule has 0 aliphatic heterocycles. The average molecular weight is 329 g/mol. The number of rotatable bonds is 6. The van der Waals surface area contributed by atoms with Crippen molar-refractivity contribution in [3.63, 3.8) is 0 Å². The third-order valence-corrected chi connectivity index (χ3v) is 3.63. The summed E-state index contributed by atoms with van der Waals surface area (Å²) in [5, 5.41) is 5.61. The van der Waals surface area contributed by atoms with Crippen molar-refractivity contribution in [1.82, 2.24) is 4.57 Å². The van der Waals surface area contributed by atoms with Crippen molar-refractivity contribution in [2.45, 2.75) is 26.8 Å². The van der Waals surface area contributed by atoms with Gasteiger partial charge in [0.05, 0.1) is 12.8 Å². The van der Waals surface area contributed by atoms with Crippen molar-refractivity contribution in [2.24, 2.45) is 5.92 Å². The van der Waals surface area contributed by atoms with Crippen LogP contribution in [0.15, 0.2) is 42.7 Å². The van der Waals surface area contributed by atoms with Gasteiger partial charge in [0.1, 0.15) is 11.8 Å². The van der Waals surface area contributed by atoms with E-state index in [4.69, 9.17) is 4.74 Å². The number of carbonyl (C=O) groups is 2. The Morgan fingerprint density at radius 1 is 1.12 bits per heavy atom. The summed E-state index contributed by atoms with van der Waals surface area (Å²) < 4.78 is 7.18. The van der Waals surface area contributed by atoms with E-state index in [0.717, 1.165) is 0 Å². The van der Waals surface area contributed by atoms with E-state index in [9.17, 15) is 9.59 Å². The van der Waals surface area contributed by atoms with Gasteiger partial charge in [0, 0.05) is 25.0 Å². The molecule has 2 N–H and O–H groups in total. The van der Waals surface area contributed by atoms with E-state index < -0.39 is 0 Å². The Balaban J connectivity index is 2.27. The van der Waals surface area contributed by atoms with Gasteiger partial charge < -0.3 is 19.9 Å². The summed E-state index contributed by atoms with van der Waals surface area (Å²) in [4.78, 5) is 24.0. The summed E-state index contributed by atoms with van der Waals surface area (Å²) in [7, 11) is 1.54. The Kier molecular flexibility index (Phi) is 5.63. The van der Waals surface area contributed by atoms with Gasteiger partial charge in [-0.3, -0.25) is 9.59 Å². The van der Waals surface area contributed by atoms with Crippen LogP contribution in [-0.2, 0) is 9.59 Å². The minimum Gasteiger partial charge on any atom is -0.495 e. The molecule has 0 unspecified atom stereocenters. The lowest BCUT2D eigenvalue weighted by atomic mass is 10.0. The minimum atomic E-state index is -0.339. The van der Waals surface area contributed by atoms with Crippen molar-refractivity contribution in [2.75, 3.05) is 17.7 Å². The number of nitrogens with one attached hydrogen (secondary N) is 2. The zero-order chi connectivity index (χ0) is 17.7. The third-order valence-electron chi connectivity index (χ3n) is 3.63. The Morgan fingerprint density at radius 2 is 1.79 bits per heavy atom. The minimum absolute atomic E-state index is 0.113. The number of methoxy groups -OCH3 is 1. The first-order valence-corrected chi connectivity index (χ1v) is 7.81. The molecule has 0 bridgehead atoms. The van der Waals surface area contributed by atoms with Crippen LogP contribution >= 0.6 is 0 Å². The van der Waals surface area contributed by atoms with Gasteiger partial charge in [-0.15, -0.1) is 0 Å². The highest BCUT2D eigenvalue weighted by Crippen LogP contribution is 2.29. The fourth-order valence-electron chi connectivity index (χ4n) is 2.61. The maximum atomic E-state index is 12.8. The molecule has 0 spiro atoms. The molecular formula is C18H23N3O3. The van der Waals surface area contributed by atoms with Gasteiger partial charge in [-0.1, -0.05) is 13.8 Å². The van der Waals surface area contributed by atoms with Crippen LogP contribution < -0.4 is 15.4 Å². The van der Waals surface area contributed by atoms with Crippen LogP contribution in [0.2, 0.25) is 0 Å². The molecule has 0 aliphatic rings. The molecule has 2 amide bonds. The molecule has 1 atom stereocenters. The molecule has 24 heavy (non-hydrogen) atoms. The SMILES string of the molecule is COc1ccc(NC(C)=O)cc1NC(=O)[C@H](C(C)C)n1cccc1. The summed E-state index contributed by atoms with van der Waals surface area (Å²) in [6.07, 6.45) is 3.74. The summed E-state index contributed by atoms with van der Waals surface area (Å²) in [6.45, 7) is 5.42. The van der Waals surface area contributed by atoms with Crippen LogP contribution in [0.4, 0.5) is 11.4 Å². The second kappa shape index (κ2) is 7.68. The Morgan fingerprint density at radius 3 is 2.33 bits per heavy atom. The summed E-state index contributed by atoms with van der Waals surface area (Å²) >= 11 is 0. The fourth-order valence-corrected chi connectivity index (χ4v) is 2.61. The molecule has 128 valence electrons. The lowest BCUT2D eigenvalue weighted by Gasteiger charge is -2.23. The number of carbonyl (C=O) groups excluding carboxylic acids is 2. The van der Waals surface area contributed by atoms with Gasteiger partial charge in [0.25, 0.3) is 0 Å². The van der Waals surface area contributed by atoms with E-state index in [1.54, 1.807) is 18.2 Å². The van der Waals surface area contributed by atoms with Crippen molar-refractivity contribution in [1.29, 1.82) is 0 Å². The van der Waals surface area contributed by atoms with Crippen LogP contribution in [0.3, 0.4) is 0 Å². The van der Waals surface area contributed by atoms with E-state index in [1.807, 2.05) is 42.9 Å². The van der Waals surface area contributed by atoms with E-state index in [1.165, 1.54) is 14.0 Å². The van der Waals surface area contributed by atoms with Crippen LogP contribution in [-0.4, -0.2) is 23.5 Å². The first-order chi connectivity index (χ1) is 11.4. The predicted octanol–water partition coefficient (Wildman–Crippen LogP) is 3.29. The monoisotopic (exact) mass is 329 g/mol. The molecule has 0 radical (unpaired) electrons. The maximum absolute atomic E-state index is 12.8. The van der Waals surface area contributed by atoms with E-state index in [-0.39, 0.29) is 23.8 Å². The zero-order valence-electron chi connectivity index (χ0n) is 14.4. The number of hydrogen-bond acceptors (Lipinski definition) is 3. The average Bonchev–Trinajstić information content (AvgIpc) is 3.00. The smallest absolute Gasteiger partial charge is 0.247 e. The highest BCUT2D eigenvalue weighted by atomic mass is 16.5. The third kappa shape index (κ3) is 4.16. The number of benzene rings is 1. The van der Waals surface area contributed by atoms with Gasteiger partial charge in [0.2, 0.25) is 11.8 Å². The van der Waals surface area contributed by atoms with Crippen LogP contribution in [0, 0.1) is 5.92 Å². The molecule has 1 heterocycles. The number of amides is 2. The number of anilines is 2. The lowest BCUT2D eigenvalue weighted by Crippen LogP contribution is -2.29. The Hall–Kier alpha value is -2.76. The topological polar surface area (TPSA) is 72.4 Å².